The zero-order valence-corrected chi connectivity index (χ0v) is 28.9. The largest absolute Gasteiger partial charge is 0.444 e. The van der Waals surface area contributed by atoms with Crippen molar-refractivity contribution in [2.75, 3.05) is 31.1 Å². The van der Waals surface area contributed by atoms with Crippen LogP contribution in [0.15, 0.2) is 30.7 Å². The van der Waals surface area contributed by atoms with Gasteiger partial charge in [-0.3, -0.25) is 4.90 Å². The molecule has 1 spiro atoms. The highest BCUT2D eigenvalue weighted by Crippen LogP contribution is 2.48. The molecule has 1 amide bonds. The first-order chi connectivity index (χ1) is 22.9. The zero-order valence-electron chi connectivity index (χ0n) is 28.9. The van der Waals surface area contributed by atoms with E-state index in [9.17, 15) is 9.18 Å². The number of alkyl carbamates (subject to hydrolysis) is 1. The summed E-state index contributed by atoms with van der Waals surface area (Å²) in [5.74, 6) is 3.18. The van der Waals surface area contributed by atoms with E-state index in [-0.39, 0.29) is 23.4 Å². The van der Waals surface area contributed by atoms with Gasteiger partial charge in [-0.2, -0.15) is 0 Å². The van der Waals surface area contributed by atoms with Crippen LogP contribution < -0.4 is 15.0 Å². The smallest absolute Gasteiger partial charge is 0.407 e. The van der Waals surface area contributed by atoms with Crippen molar-refractivity contribution in [3.63, 3.8) is 0 Å². The average molecular weight is 659 g/mol. The Morgan fingerprint density at radius 2 is 1.88 bits per heavy atom. The van der Waals surface area contributed by atoms with Crippen LogP contribution in [0.25, 0.3) is 11.1 Å². The van der Waals surface area contributed by atoms with Gasteiger partial charge in [0.25, 0.3) is 5.88 Å². The Balaban J connectivity index is 1.02. The van der Waals surface area contributed by atoms with Crippen LogP contribution in [0, 0.1) is 30.0 Å². The molecule has 1 atom stereocenters. The van der Waals surface area contributed by atoms with Crippen molar-refractivity contribution in [3.05, 3.63) is 48.1 Å². The van der Waals surface area contributed by atoms with Crippen LogP contribution in [-0.2, 0) is 4.74 Å². The Hall–Kier alpha value is -3.93. The summed E-state index contributed by atoms with van der Waals surface area (Å²) >= 11 is 0. The number of nitrogens with zero attached hydrogens (tertiary/aromatic N) is 7. The molecular weight excluding hydrogens is 611 g/mol. The minimum atomic E-state index is -0.496. The molecule has 2 aromatic heterocycles. The Morgan fingerprint density at radius 3 is 2.58 bits per heavy atom. The lowest BCUT2D eigenvalue weighted by Crippen LogP contribution is -2.65. The number of rotatable bonds is 9. The van der Waals surface area contributed by atoms with E-state index < -0.39 is 5.60 Å². The maximum atomic E-state index is 14.6. The van der Waals surface area contributed by atoms with Crippen molar-refractivity contribution in [1.82, 2.24) is 35.4 Å². The molecule has 4 aliphatic rings. The third kappa shape index (κ3) is 6.81. The van der Waals surface area contributed by atoms with Crippen molar-refractivity contribution in [2.45, 2.75) is 97.2 Å². The molecule has 2 aliphatic heterocycles. The van der Waals surface area contributed by atoms with Gasteiger partial charge in [0.2, 0.25) is 0 Å². The summed E-state index contributed by atoms with van der Waals surface area (Å²) in [6.07, 6.45) is 8.03. The zero-order chi connectivity index (χ0) is 33.8. The second-order valence-corrected chi connectivity index (χ2v) is 15.7. The molecule has 3 aromatic rings. The number of carbonyl (C=O) groups is 1. The van der Waals surface area contributed by atoms with Crippen molar-refractivity contribution >= 4 is 11.9 Å². The maximum absolute atomic E-state index is 14.6. The Bertz CT molecular complexity index is 1660. The van der Waals surface area contributed by atoms with Crippen LogP contribution in [0.5, 0.6) is 11.6 Å². The van der Waals surface area contributed by atoms with Gasteiger partial charge in [-0.1, -0.05) is 13.8 Å². The fourth-order valence-corrected chi connectivity index (χ4v) is 8.01. The van der Waals surface area contributed by atoms with Gasteiger partial charge >= 0.3 is 6.09 Å². The molecule has 11 nitrogen and oxygen atoms in total. The summed E-state index contributed by atoms with van der Waals surface area (Å²) in [4.78, 5) is 30.9. The Labute approximate surface area is 282 Å². The molecule has 4 fully saturated rings. The normalized spacial score (nSPS) is 22.7. The molecule has 4 heterocycles. The highest BCUT2D eigenvalue weighted by atomic mass is 19.1. The fourth-order valence-electron chi connectivity index (χ4n) is 8.01. The summed E-state index contributed by atoms with van der Waals surface area (Å²) in [5.41, 5.74) is 1.99. The highest BCUT2D eigenvalue weighted by Gasteiger charge is 2.53. The lowest BCUT2D eigenvalue weighted by Gasteiger charge is -2.56. The number of carbonyl (C=O) groups excluding carboxylic acids is 1. The van der Waals surface area contributed by atoms with E-state index in [1.807, 2.05) is 27.7 Å². The number of likely N-dealkylation sites (tertiary alicyclic amines) is 1. The molecule has 0 unspecified atom stereocenters. The standard InChI is InChI=1S/C36H47FN8O3/c1-21(2)31(24-13-26(14-24)42-34(46)48-35(4,5)6)45-18-36(19-45)11-12-44(17-36)32-33(43-40-20-39-32)47-29-10-9-25(37)15-27(29)28-16-38-22(3)41-30(28)23-7-8-23/h9-10,15-16,20-21,23-24,26,31H,7-8,11-14,17-19H2,1-6H3,(H,42,46)/t24?,26?,31-/m1/s1. The first-order valence-corrected chi connectivity index (χ1v) is 17.3. The maximum Gasteiger partial charge on any atom is 0.407 e. The van der Waals surface area contributed by atoms with Gasteiger partial charge in [0.15, 0.2) is 5.82 Å². The van der Waals surface area contributed by atoms with Gasteiger partial charge < -0.3 is 19.7 Å². The number of hydrogen-bond donors (Lipinski definition) is 1. The van der Waals surface area contributed by atoms with Gasteiger partial charge in [0.05, 0.1) is 5.69 Å². The summed E-state index contributed by atoms with van der Waals surface area (Å²) < 4.78 is 26.5. The van der Waals surface area contributed by atoms with Crippen LogP contribution in [-0.4, -0.2) is 80.0 Å². The molecule has 12 heteroatoms. The van der Waals surface area contributed by atoms with Gasteiger partial charge in [-0.05, 0) is 89.8 Å². The predicted octanol–water partition coefficient (Wildman–Crippen LogP) is 6.29. The number of ether oxygens (including phenoxy) is 2. The van der Waals surface area contributed by atoms with E-state index in [1.54, 1.807) is 12.3 Å². The average Bonchev–Trinajstić information content (AvgIpc) is 3.74. The second-order valence-electron chi connectivity index (χ2n) is 15.7. The second kappa shape index (κ2) is 12.5. The first-order valence-electron chi connectivity index (χ1n) is 17.3. The van der Waals surface area contributed by atoms with Crippen molar-refractivity contribution in [2.24, 2.45) is 17.3 Å². The Kier molecular flexibility index (Phi) is 8.50. The molecule has 1 aromatic carbocycles. The molecule has 2 saturated heterocycles. The summed E-state index contributed by atoms with van der Waals surface area (Å²) in [6.45, 7) is 15.9. The van der Waals surface area contributed by atoms with E-state index in [0.717, 1.165) is 69.5 Å². The van der Waals surface area contributed by atoms with E-state index in [4.69, 9.17) is 14.5 Å². The van der Waals surface area contributed by atoms with Crippen molar-refractivity contribution in [3.8, 4) is 22.8 Å². The molecule has 0 bridgehead atoms. The third-order valence-corrected chi connectivity index (χ3v) is 10.2. The van der Waals surface area contributed by atoms with Crippen LogP contribution in [0.1, 0.15) is 84.2 Å². The first kappa shape index (κ1) is 32.6. The third-order valence-electron chi connectivity index (χ3n) is 10.2. The molecule has 256 valence electrons. The van der Waals surface area contributed by atoms with Crippen molar-refractivity contribution in [1.29, 1.82) is 0 Å². The minimum absolute atomic E-state index is 0.173. The number of hydrogen-bond acceptors (Lipinski definition) is 10. The number of aromatic nitrogens is 5. The van der Waals surface area contributed by atoms with Crippen molar-refractivity contribution < 1.29 is 18.7 Å². The van der Waals surface area contributed by atoms with E-state index in [0.29, 0.717) is 52.6 Å². The van der Waals surface area contributed by atoms with Crippen LogP contribution in [0.4, 0.5) is 15.0 Å². The van der Waals surface area contributed by atoms with E-state index in [1.165, 1.54) is 18.5 Å². The predicted molar refractivity (Wildman–Crippen MR) is 179 cm³/mol. The minimum Gasteiger partial charge on any atom is -0.444 e. The quantitative estimate of drug-likeness (QED) is 0.281. The number of anilines is 1. The molecule has 2 aliphatic carbocycles. The summed E-state index contributed by atoms with van der Waals surface area (Å²) in [5, 5.41) is 11.5. The van der Waals surface area contributed by atoms with Gasteiger partial charge in [-0.25, -0.2) is 24.1 Å². The van der Waals surface area contributed by atoms with Gasteiger partial charge in [0, 0.05) is 66.9 Å². The van der Waals surface area contributed by atoms with Crippen LogP contribution in [0.2, 0.25) is 0 Å². The molecule has 2 saturated carbocycles. The number of halogens is 1. The lowest BCUT2D eigenvalue weighted by molar-refractivity contribution is -0.0691. The van der Waals surface area contributed by atoms with E-state index >= 15 is 0 Å². The Morgan fingerprint density at radius 1 is 1.10 bits per heavy atom. The molecule has 1 N–H and O–H groups in total. The fraction of sp³-hybridized carbons (Fsp3) is 0.611. The summed E-state index contributed by atoms with van der Waals surface area (Å²) in [6, 6.07) is 5.16. The number of benzene rings is 1. The number of amides is 1. The van der Waals surface area contributed by atoms with Crippen LogP contribution >= 0.6 is 0 Å². The SMILES string of the molecule is Cc1ncc(-c2cc(F)ccc2Oc2nncnc2N2CCC3(C2)CN([C@H](C(C)C)C2CC(NC(=O)OC(C)(C)C)C2)C3)c(C2CC2)n1. The topological polar surface area (TPSA) is 118 Å². The molecule has 48 heavy (non-hydrogen) atoms. The number of aryl methyl sites for hydroxylation is 1. The van der Waals surface area contributed by atoms with Gasteiger partial charge in [-0.15, -0.1) is 10.2 Å². The molecular formula is C36H47FN8O3. The van der Waals surface area contributed by atoms with E-state index in [2.05, 4.69) is 49.1 Å². The monoisotopic (exact) mass is 658 g/mol. The van der Waals surface area contributed by atoms with Gasteiger partial charge in [0.1, 0.15) is 29.3 Å². The summed E-state index contributed by atoms with van der Waals surface area (Å²) in [7, 11) is 0. The van der Waals surface area contributed by atoms with Crippen LogP contribution in [0.3, 0.4) is 0 Å². The lowest BCUT2D eigenvalue weighted by atomic mass is 9.68. The number of nitrogens with one attached hydrogen (secondary N) is 1. The highest BCUT2D eigenvalue weighted by molar-refractivity contribution is 5.73. The molecule has 0 radical (unpaired) electrons. The molecule has 7 rings (SSSR count).